The summed E-state index contributed by atoms with van der Waals surface area (Å²) in [7, 11) is 0. The SMILES string of the molecule is CC(C)(c1ccc(O)cc1)c1ccc(O)cc1.CC(C)(c1ccc(OCC(O)COc2ccc(C(C)(C)c3ccc(OCC4CO4)cc3)cc2)cc1)c1ccc(OCC2CO2)cc1.ClCC1CO1.[Na+].[OH-]. The van der Waals surface area contributed by atoms with Crippen LogP contribution in [0.1, 0.15) is 74.9 Å². The molecule has 368 valence electrons. The Morgan fingerprint density at radius 3 is 0.886 bits per heavy atom. The normalized spacial score (nSPS) is 17.1. The minimum absolute atomic E-state index is 0. The fourth-order valence-electron chi connectivity index (χ4n) is 7.42. The first-order valence-electron chi connectivity index (χ1n) is 23.2. The van der Waals surface area contributed by atoms with E-state index in [9.17, 15) is 15.3 Å². The van der Waals surface area contributed by atoms with E-state index in [1.54, 1.807) is 24.3 Å². The second-order valence-corrected chi connectivity index (χ2v) is 19.3. The first kappa shape index (κ1) is 56.1. The number of hydrogen-bond donors (Lipinski definition) is 3. The molecule has 4 N–H and O–H groups in total. The molecule has 9 rings (SSSR count). The van der Waals surface area contributed by atoms with Gasteiger partial charge in [-0.1, -0.05) is 114 Å². The summed E-state index contributed by atoms with van der Waals surface area (Å²) in [6.45, 7) is 17.0. The molecule has 3 heterocycles. The number of aliphatic hydroxyl groups excluding tert-OH is 1. The van der Waals surface area contributed by atoms with Crippen LogP contribution >= 0.6 is 11.6 Å². The second kappa shape index (κ2) is 25.5. The molecule has 3 aliphatic rings. The summed E-state index contributed by atoms with van der Waals surface area (Å²) in [6, 6.07) is 47.0. The fraction of sp³-hybridized carbons (Fsp3) is 0.368. The first-order valence-corrected chi connectivity index (χ1v) is 23.7. The van der Waals surface area contributed by atoms with Crippen LogP contribution < -0.4 is 48.5 Å². The predicted molar refractivity (Wildman–Crippen MR) is 268 cm³/mol. The van der Waals surface area contributed by atoms with Crippen molar-refractivity contribution in [2.75, 3.05) is 52.1 Å². The van der Waals surface area contributed by atoms with E-state index in [0.29, 0.717) is 36.7 Å². The van der Waals surface area contributed by atoms with Crippen molar-refractivity contribution in [1.82, 2.24) is 0 Å². The number of rotatable bonds is 19. The van der Waals surface area contributed by atoms with E-state index in [4.69, 9.17) is 44.8 Å². The van der Waals surface area contributed by atoms with E-state index in [1.165, 1.54) is 22.3 Å². The maximum Gasteiger partial charge on any atom is 1.00 e. The summed E-state index contributed by atoms with van der Waals surface area (Å²) in [4.78, 5) is 0. The van der Waals surface area contributed by atoms with Crippen LogP contribution in [0.4, 0.5) is 0 Å². The largest absolute Gasteiger partial charge is 1.00 e. The summed E-state index contributed by atoms with van der Waals surface area (Å²) in [5.74, 6) is 4.32. The van der Waals surface area contributed by atoms with Crippen LogP contribution in [0.15, 0.2) is 146 Å². The van der Waals surface area contributed by atoms with E-state index in [2.05, 4.69) is 90.1 Å². The van der Waals surface area contributed by atoms with E-state index >= 15 is 0 Å². The summed E-state index contributed by atoms with van der Waals surface area (Å²) in [6.07, 6.45) is 0.110. The average Bonchev–Trinajstić information content (AvgIpc) is 4.20. The molecule has 0 amide bonds. The van der Waals surface area contributed by atoms with Gasteiger partial charge in [0.1, 0.15) is 79.2 Å². The van der Waals surface area contributed by atoms with Crippen LogP contribution in [0.5, 0.6) is 34.5 Å². The molecule has 3 saturated heterocycles. The Hall–Kier alpha value is -4.79. The smallest absolute Gasteiger partial charge is 0.870 e. The summed E-state index contributed by atoms with van der Waals surface area (Å²) < 4.78 is 38.5. The molecule has 0 radical (unpaired) electrons. The molecule has 70 heavy (non-hydrogen) atoms. The van der Waals surface area contributed by atoms with Gasteiger partial charge in [-0.3, -0.25) is 0 Å². The van der Waals surface area contributed by atoms with Crippen LogP contribution in [0.3, 0.4) is 0 Å². The molecular weight excluding hydrogens is 919 g/mol. The quantitative estimate of drug-likeness (QED) is 0.0416. The van der Waals surface area contributed by atoms with Crippen molar-refractivity contribution in [2.45, 2.75) is 82.2 Å². The Morgan fingerprint density at radius 2 is 0.671 bits per heavy atom. The van der Waals surface area contributed by atoms with Gasteiger partial charge in [-0.25, -0.2) is 0 Å². The molecule has 11 nitrogen and oxygen atoms in total. The number of aromatic hydroxyl groups is 2. The number of phenolic OH excluding ortho intramolecular Hbond substituents is 2. The van der Waals surface area contributed by atoms with E-state index in [-0.39, 0.29) is 88.2 Å². The maximum absolute atomic E-state index is 10.5. The van der Waals surface area contributed by atoms with Crippen LogP contribution in [0, 0.1) is 0 Å². The number of aliphatic hydroxyl groups is 1. The second-order valence-electron chi connectivity index (χ2n) is 19.0. The van der Waals surface area contributed by atoms with E-state index in [1.807, 2.05) is 72.8 Å². The molecule has 0 aromatic heterocycles. The van der Waals surface area contributed by atoms with Crippen LogP contribution in [0.25, 0.3) is 0 Å². The van der Waals surface area contributed by atoms with Gasteiger partial charge in [0.25, 0.3) is 0 Å². The number of hydrogen-bond acceptors (Lipinski definition) is 11. The Labute approximate surface area is 440 Å². The van der Waals surface area contributed by atoms with E-state index in [0.717, 1.165) is 42.4 Å². The number of alkyl halides is 1. The Bertz CT molecular complexity index is 2280. The number of ether oxygens (including phenoxy) is 7. The zero-order valence-corrected chi connectivity index (χ0v) is 44.1. The monoisotopic (exact) mass is 984 g/mol. The van der Waals surface area contributed by atoms with Crippen molar-refractivity contribution in [1.29, 1.82) is 0 Å². The zero-order valence-electron chi connectivity index (χ0n) is 41.3. The Morgan fingerprint density at radius 1 is 0.443 bits per heavy atom. The fourth-order valence-corrected chi connectivity index (χ4v) is 7.60. The molecule has 3 aliphatic heterocycles. The molecule has 0 saturated carbocycles. The Kier molecular flexibility index (Phi) is 20.5. The van der Waals surface area contributed by atoms with Crippen LogP contribution in [0.2, 0.25) is 0 Å². The van der Waals surface area contributed by atoms with Crippen molar-refractivity contribution < 1.29 is 83.5 Å². The van der Waals surface area contributed by atoms with Crippen molar-refractivity contribution in [3.05, 3.63) is 179 Å². The molecule has 0 spiro atoms. The van der Waals surface area contributed by atoms with Crippen molar-refractivity contribution >= 4 is 11.6 Å². The molecular formula is C57H66ClNaO11. The van der Waals surface area contributed by atoms with Gasteiger partial charge in [0.05, 0.1) is 31.8 Å². The topological polar surface area (TPSA) is 165 Å². The minimum atomic E-state index is -0.772. The van der Waals surface area contributed by atoms with E-state index < -0.39 is 6.10 Å². The van der Waals surface area contributed by atoms with Gasteiger partial charge in [0.2, 0.25) is 0 Å². The van der Waals surface area contributed by atoms with Crippen molar-refractivity contribution in [3.8, 4) is 34.5 Å². The molecule has 3 unspecified atom stereocenters. The number of phenols is 2. The predicted octanol–water partition coefficient (Wildman–Crippen LogP) is 7.59. The standard InChI is InChI=1S/C39H44O7.C15H16O2.C3H5ClO.Na.H2O/c1-38(2,29-9-17-34(18-10-29)43-23-36-25-45-36)27-5-13-32(14-6-27)41-21-31(40)22-42-33-15-7-28(8-16-33)39(3,4)30-11-19-35(20-12-30)44-24-37-26-46-37;1-15(2,11-3-7-13(16)8-4-11)12-5-9-14(17)10-6-12;4-1-3-2-5-3;;/h5-20,31,36-37,40H,21-26H2,1-4H3;3-10,16-17H,1-2H3;3H,1-2H2;;1H2/q;;;+1;/p-1. The van der Waals surface area contributed by atoms with Gasteiger partial charge in [-0.15, -0.1) is 11.6 Å². The molecule has 0 bridgehead atoms. The minimum Gasteiger partial charge on any atom is -0.870 e. The van der Waals surface area contributed by atoms with Gasteiger partial charge >= 0.3 is 29.6 Å². The van der Waals surface area contributed by atoms with Crippen LogP contribution in [-0.4, -0.2) is 97.3 Å². The average molecular weight is 986 g/mol. The number of benzene rings is 6. The van der Waals surface area contributed by atoms with Gasteiger partial charge in [0.15, 0.2) is 0 Å². The summed E-state index contributed by atoms with van der Waals surface area (Å²) in [5.41, 5.74) is 6.43. The molecule has 6 aromatic carbocycles. The first-order chi connectivity index (χ1) is 32.6. The molecule has 13 heteroatoms. The number of epoxide rings is 3. The van der Waals surface area contributed by atoms with Gasteiger partial charge in [-0.2, -0.15) is 0 Å². The zero-order chi connectivity index (χ0) is 48.3. The van der Waals surface area contributed by atoms with Crippen molar-refractivity contribution in [2.24, 2.45) is 0 Å². The summed E-state index contributed by atoms with van der Waals surface area (Å²) in [5, 5.41) is 29.1. The van der Waals surface area contributed by atoms with Crippen molar-refractivity contribution in [3.63, 3.8) is 0 Å². The van der Waals surface area contributed by atoms with Gasteiger partial charge in [-0.05, 0) is 106 Å². The molecule has 3 atom stereocenters. The van der Waals surface area contributed by atoms with Crippen LogP contribution in [-0.2, 0) is 30.5 Å². The maximum atomic E-state index is 10.5. The van der Waals surface area contributed by atoms with Gasteiger partial charge in [0, 0.05) is 16.2 Å². The molecule has 0 aliphatic carbocycles. The third kappa shape index (κ3) is 16.4. The third-order valence-electron chi connectivity index (χ3n) is 12.6. The third-order valence-corrected chi connectivity index (χ3v) is 13.0. The van der Waals surface area contributed by atoms with Gasteiger partial charge < -0.3 is 54.0 Å². The molecule has 3 fully saturated rings. The summed E-state index contributed by atoms with van der Waals surface area (Å²) >= 11 is 5.27. The Balaban J connectivity index is 0.000000313. The number of halogens is 1. The molecule has 6 aromatic rings.